The van der Waals surface area contributed by atoms with Crippen LogP contribution >= 0.6 is 11.3 Å². The van der Waals surface area contributed by atoms with Gasteiger partial charge in [0.15, 0.2) is 5.13 Å². The number of rotatable bonds is 3. The molecule has 0 unspecified atom stereocenters. The Morgan fingerprint density at radius 2 is 2.22 bits per heavy atom. The van der Waals surface area contributed by atoms with Gasteiger partial charge in [0.25, 0.3) is 0 Å². The zero-order valence-corrected chi connectivity index (χ0v) is 10.3. The lowest BCUT2D eigenvalue weighted by atomic mass is 10.3. The van der Waals surface area contributed by atoms with Gasteiger partial charge in [-0.1, -0.05) is 11.3 Å². The first kappa shape index (κ1) is 11.9. The van der Waals surface area contributed by atoms with Crippen LogP contribution in [0.15, 0.2) is 30.0 Å². The largest absolute Gasteiger partial charge is 0.497 e. The second-order valence-electron chi connectivity index (χ2n) is 3.28. The molecule has 1 heterocycles. The van der Waals surface area contributed by atoms with Crippen LogP contribution in [0, 0.1) is 22.7 Å². The van der Waals surface area contributed by atoms with Crippen LogP contribution in [0.1, 0.15) is 0 Å². The molecule has 2 aromatic rings. The fraction of sp³-hybridized carbons (Fsp3) is 0.0833. The molecule has 5 nitrogen and oxygen atoms in total. The molecule has 1 aromatic heterocycles. The summed E-state index contributed by atoms with van der Waals surface area (Å²) in [6.07, 6.45) is 1.34. The lowest BCUT2D eigenvalue weighted by Crippen LogP contribution is -1.88. The maximum absolute atomic E-state index is 8.60. The third kappa shape index (κ3) is 2.40. The van der Waals surface area contributed by atoms with E-state index in [2.05, 4.69) is 10.3 Å². The van der Waals surface area contributed by atoms with Gasteiger partial charge in [-0.05, 0) is 18.2 Å². The zero-order chi connectivity index (χ0) is 13.0. The number of hydrogen-bond acceptors (Lipinski definition) is 6. The SMILES string of the molecule is COc1ccc2nc(NC=C(C#N)C#N)sc2c1. The minimum Gasteiger partial charge on any atom is -0.497 e. The standard InChI is InChI=1S/C12H8N4OS/c1-17-9-2-3-10-11(4-9)18-12(16-10)15-7-8(5-13)6-14/h2-4,7H,1H3,(H,15,16). The van der Waals surface area contributed by atoms with Crippen molar-refractivity contribution < 1.29 is 4.74 Å². The summed E-state index contributed by atoms with van der Waals surface area (Å²) in [5, 5.41) is 20.7. The summed E-state index contributed by atoms with van der Waals surface area (Å²) in [6, 6.07) is 9.11. The van der Waals surface area contributed by atoms with E-state index in [1.807, 2.05) is 18.2 Å². The Balaban J connectivity index is 2.29. The minimum absolute atomic E-state index is 0.00633. The number of aromatic nitrogens is 1. The van der Waals surface area contributed by atoms with Gasteiger partial charge < -0.3 is 10.1 Å². The summed E-state index contributed by atoms with van der Waals surface area (Å²) < 4.78 is 6.10. The number of fused-ring (bicyclic) bond motifs is 1. The third-order valence-electron chi connectivity index (χ3n) is 2.18. The number of allylic oxidation sites excluding steroid dienone is 1. The number of benzene rings is 1. The maximum Gasteiger partial charge on any atom is 0.187 e. The molecule has 1 N–H and O–H groups in total. The van der Waals surface area contributed by atoms with Crippen LogP contribution in [0.3, 0.4) is 0 Å². The number of nitriles is 2. The smallest absolute Gasteiger partial charge is 0.187 e. The van der Waals surface area contributed by atoms with Gasteiger partial charge in [-0.15, -0.1) is 0 Å². The predicted molar refractivity (Wildman–Crippen MR) is 69.1 cm³/mol. The minimum atomic E-state index is 0.00633. The van der Waals surface area contributed by atoms with Gasteiger partial charge in [0, 0.05) is 6.20 Å². The molecule has 0 aliphatic rings. The van der Waals surface area contributed by atoms with E-state index >= 15 is 0 Å². The van der Waals surface area contributed by atoms with Gasteiger partial charge in [0.2, 0.25) is 0 Å². The highest BCUT2D eigenvalue weighted by atomic mass is 32.1. The number of hydrogen-bond donors (Lipinski definition) is 1. The van der Waals surface area contributed by atoms with Crippen LogP contribution in [-0.2, 0) is 0 Å². The Hall–Kier alpha value is -2.57. The topological polar surface area (TPSA) is 81.7 Å². The van der Waals surface area contributed by atoms with Gasteiger partial charge in [0.05, 0.1) is 17.3 Å². The van der Waals surface area contributed by atoms with Crippen molar-refractivity contribution in [2.45, 2.75) is 0 Å². The van der Waals surface area contributed by atoms with Gasteiger partial charge in [-0.2, -0.15) is 10.5 Å². The second kappa shape index (κ2) is 5.17. The molecule has 0 amide bonds. The number of nitrogens with one attached hydrogen (secondary N) is 1. The van der Waals surface area contributed by atoms with E-state index in [1.54, 1.807) is 19.2 Å². The van der Waals surface area contributed by atoms with Gasteiger partial charge in [-0.3, -0.25) is 0 Å². The molecule has 0 saturated heterocycles. The van der Waals surface area contributed by atoms with Crippen molar-refractivity contribution in [1.29, 1.82) is 10.5 Å². The van der Waals surface area contributed by atoms with Gasteiger partial charge in [-0.25, -0.2) is 4.98 Å². The number of ether oxygens (including phenoxy) is 1. The highest BCUT2D eigenvalue weighted by Crippen LogP contribution is 2.29. The molecule has 0 spiro atoms. The summed E-state index contributed by atoms with van der Waals surface area (Å²) in [4.78, 5) is 4.32. The van der Waals surface area contributed by atoms with Gasteiger partial charge in [0.1, 0.15) is 23.5 Å². The molecule has 1 aromatic carbocycles. The first-order valence-electron chi connectivity index (χ1n) is 4.98. The molecule has 6 heteroatoms. The number of nitrogens with zero attached hydrogens (tertiary/aromatic N) is 3. The van der Waals surface area contributed by atoms with Crippen LogP contribution in [0.4, 0.5) is 5.13 Å². The molecule has 0 radical (unpaired) electrons. The monoisotopic (exact) mass is 256 g/mol. The van der Waals surface area contributed by atoms with E-state index in [0.29, 0.717) is 5.13 Å². The average Bonchev–Trinajstić information content (AvgIpc) is 2.81. The second-order valence-corrected chi connectivity index (χ2v) is 4.31. The highest BCUT2D eigenvalue weighted by molar-refractivity contribution is 7.22. The zero-order valence-electron chi connectivity index (χ0n) is 9.47. The summed E-state index contributed by atoms with van der Waals surface area (Å²) in [7, 11) is 1.61. The Labute approximate surface area is 108 Å². The van der Waals surface area contributed by atoms with Crippen LogP contribution < -0.4 is 10.1 Å². The van der Waals surface area contributed by atoms with Crippen molar-refractivity contribution in [1.82, 2.24) is 4.98 Å². The van der Waals surface area contributed by atoms with E-state index in [9.17, 15) is 0 Å². The van der Waals surface area contributed by atoms with Crippen LogP contribution in [-0.4, -0.2) is 12.1 Å². The molecule has 0 atom stereocenters. The van der Waals surface area contributed by atoms with Crippen molar-refractivity contribution >= 4 is 26.7 Å². The molecule has 88 valence electrons. The quantitative estimate of drug-likeness (QED) is 0.854. The highest BCUT2D eigenvalue weighted by Gasteiger charge is 2.04. The predicted octanol–water partition coefficient (Wildman–Crippen LogP) is 2.65. The van der Waals surface area contributed by atoms with Gasteiger partial charge >= 0.3 is 0 Å². The molecular weight excluding hydrogens is 248 g/mol. The normalized spacial score (nSPS) is 9.28. The van der Waals surface area contributed by atoms with Crippen molar-refractivity contribution in [3.05, 3.63) is 30.0 Å². The maximum atomic E-state index is 8.60. The van der Waals surface area contributed by atoms with Crippen molar-refractivity contribution in [3.8, 4) is 17.9 Å². The van der Waals surface area contributed by atoms with Crippen LogP contribution in [0.2, 0.25) is 0 Å². The summed E-state index contributed by atoms with van der Waals surface area (Å²) >= 11 is 1.42. The van der Waals surface area contributed by atoms with Crippen molar-refractivity contribution in [3.63, 3.8) is 0 Å². The Kier molecular flexibility index (Phi) is 3.42. The van der Waals surface area contributed by atoms with Crippen LogP contribution in [0.25, 0.3) is 10.2 Å². The first-order chi connectivity index (χ1) is 8.76. The van der Waals surface area contributed by atoms with Crippen LogP contribution in [0.5, 0.6) is 5.75 Å². The molecule has 0 saturated carbocycles. The van der Waals surface area contributed by atoms with E-state index in [1.165, 1.54) is 17.5 Å². The van der Waals surface area contributed by atoms with Crippen molar-refractivity contribution in [2.24, 2.45) is 0 Å². The Bertz CT molecular complexity index is 674. The lowest BCUT2D eigenvalue weighted by Gasteiger charge is -1.96. The molecule has 2 rings (SSSR count). The molecule has 0 bridgehead atoms. The number of thiazole rings is 1. The number of anilines is 1. The molecule has 18 heavy (non-hydrogen) atoms. The average molecular weight is 256 g/mol. The third-order valence-corrected chi connectivity index (χ3v) is 3.13. The fourth-order valence-electron chi connectivity index (χ4n) is 1.32. The van der Waals surface area contributed by atoms with Crippen molar-refractivity contribution in [2.75, 3.05) is 12.4 Å². The summed E-state index contributed by atoms with van der Waals surface area (Å²) in [6.45, 7) is 0. The van der Waals surface area contributed by atoms with E-state index in [0.717, 1.165) is 16.0 Å². The molecule has 0 aliphatic heterocycles. The molecule has 0 aliphatic carbocycles. The fourth-order valence-corrected chi connectivity index (χ4v) is 2.18. The van der Waals surface area contributed by atoms with E-state index < -0.39 is 0 Å². The first-order valence-corrected chi connectivity index (χ1v) is 5.80. The van der Waals surface area contributed by atoms with E-state index in [-0.39, 0.29) is 5.57 Å². The lowest BCUT2D eigenvalue weighted by molar-refractivity contribution is 0.415. The molecular formula is C12H8N4OS. The number of methoxy groups -OCH3 is 1. The van der Waals surface area contributed by atoms with E-state index in [4.69, 9.17) is 15.3 Å². The Morgan fingerprint density at radius 3 is 2.89 bits per heavy atom. The Morgan fingerprint density at radius 1 is 1.44 bits per heavy atom. The summed E-state index contributed by atoms with van der Waals surface area (Å²) in [5.41, 5.74) is 0.846. The summed E-state index contributed by atoms with van der Waals surface area (Å²) in [5.74, 6) is 0.767. The molecule has 0 fully saturated rings.